The lowest BCUT2D eigenvalue weighted by Gasteiger charge is -2.48. The van der Waals surface area contributed by atoms with E-state index in [2.05, 4.69) is 5.10 Å². The number of nitrogens with two attached hydrogens (primary N) is 1. The third-order valence-corrected chi connectivity index (χ3v) is 5.36. The minimum absolute atomic E-state index is 0.0589. The number of nitrogens with zero attached hydrogens (tertiary/aromatic N) is 4. The van der Waals surface area contributed by atoms with Gasteiger partial charge >= 0.3 is 0 Å². The number of aryl methyl sites for hydroxylation is 1. The lowest BCUT2D eigenvalue weighted by molar-refractivity contribution is -0.143. The molecule has 3 rings (SSSR count). The van der Waals surface area contributed by atoms with Crippen molar-refractivity contribution in [3.05, 3.63) is 11.8 Å². The summed E-state index contributed by atoms with van der Waals surface area (Å²) >= 11 is 0. The van der Waals surface area contributed by atoms with Gasteiger partial charge in [-0.2, -0.15) is 5.10 Å². The van der Waals surface area contributed by atoms with E-state index in [-0.39, 0.29) is 23.8 Å². The van der Waals surface area contributed by atoms with Crippen LogP contribution in [0.5, 0.6) is 0 Å². The largest absolute Gasteiger partial charge is 0.384 e. The second-order valence-corrected chi connectivity index (χ2v) is 7.19. The van der Waals surface area contributed by atoms with Crippen molar-refractivity contribution in [2.75, 3.05) is 31.9 Å². The van der Waals surface area contributed by atoms with Gasteiger partial charge in [0.25, 0.3) is 0 Å². The maximum atomic E-state index is 12.7. The zero-order valence-corrected chi connectivity index (χ0v) is 14.6. The molecule has 0 unspecified atom stereocenters. The number of nitrogen functional groups attached to an aromatic ring is 1. The number of hydrogen-bond acceptors (Lipinski definition) is 4. The molecule has 0 radical (unpaired) electrons. The topological polar surface area (TPSA) is 84.5 Å². The zero-order chi connectivity index (χ0) is 17.3. The van der Waals surface area contributed by atoms with Crippen LogP contribution in [0.15, 0.2) is 6.07 Å². The van der Waals surface area contributed by atoms with Crippen LogP contribution in [0.25, 0.3) is 0 Å². The number of likely N-dealkylation sites (tertiary alicyclic amines) is 2. The highest BCUT2D eigenvalue weighted by molar-refractivity contribution is 5.78. The fourth-order valence-electron chi connectivity index (χ4n) is 4.06. The maximum absolute atomic E-state index is 12.7. The molecule has 3 heterocycles. The normalized spacial score (nSPS) is 24.7. The minimum Gasteiger partial charge on any atom is -0.384 e. The van der Waals surface area contributed by atoms with Crippen LogP contribution in [0.3, 0.4) is 0 Å². The smallest absolute Gasteiger partial charge is 0.244 e. The van der Waals surface area contributed by atoms with Gasteiger partial charge < -0.3 is 15.5 Å². The number of hydrogen-bond donors (Lipinski definition) is 1. The zero-order valence-electron chi connectivity index (χ0n) is 14.6. The molecule has 2 N–H and O–H groups in total. The van der Waals surface area contributed by atoms with Gasteiger partial charge in [0.05, 0.1) is 5.69 Å². The van der Waals surface area contributed by atoms with E-state index >= 15 is 0 Å². The molecule has 1 aromatic heterocycles. The van der Waals surface area contributed by atoms with Crippen LogP contribution in [0.2, 0.25) is 0 Å². The molecule has 24 heavy (non-hydrogen) atoms. The van der Waals surface area contributed by atoms with Crippen molar-refractivity contribution in [2.24, 2.45) is 5.41 Å². The quantitative estimate of drug-likeness (QED) is 0.895. The molecule has 2 saturated heterocycles. The monoisotopic (exact) mass is 333 g/mol. The van der Waals surface area contributed by atoms with Gasteiger partial charge in [-0.25, -0.2) is 4.68 Å². The fraction of sp³-hybridized carbons (Fsp3) is 0.706. The Hall–Kier alpha value is -2.05. The molecular weight excluding hydrogens is 306 g/mol. The van der Waals surface area contributed by atoms with E-state index in [1.165, 1.54) is 0 Å². The standard InChI is InChI=1S/C17H27N5O2/c1-3-20-11-17(7-5-15(20)23)6-4-8-21(12-17)16(24)10-22-14(18)9-13(2)19-22/h9H,3-8,10-12,18H2,1-2H3/t17-/m1/s1. The molecule has 7 heteroatoms. The van der Waals surface area contributed by atoms with Gasteiger partial charge in [-0.15, -0.1) is 0 Å². The fourth-order valence-corrected chi connectivity index (χ4v) is 4.06. The summed E-state index contributed by atoms with van der Waals surface area (Å²) in [5.41, 5.74) is 6.77. The van der Waals surface area contributed by atoms with Gasteiger partial charge in [-0.05, 0) is 33.1 Å². The second kappa shape index (κ2) is 6.45. The predicted octanol–water partition coefficient (Wildman–Crippen LogP) is 1.02. The number of amides is 2. The van der Waals surface area contributed by atoms with Crippen molar-refractivity contribution in [1.82, 2.24) is 19.6 Å². The van der Waals surface area contributed by atoms with Crippen LogP contribution in [0, 0.1) is 12.3 Å². The molecular formula is C17H27N5O2. The lowest BCUT2D eigenvalue weighted by atomic mass is 9.73. The van der Waals surface area contributed by atoms with E-state index in [4.69, 9.17) is 5.73 Å². The first-order chi connectivity index (χ1) is 11.4. The van der Waals surface area contributed by atoms with Gasteiger partial charge in [-0.1, -0.05) is 0 Å². The van der Waals surface area contributed by atoms with Crippen molar-refractivity contribution in [3.63, 3.8) is 0 Å². The van der Waals surface area contributed by atoms with Gasteiger partial charge in [-0.3, -0.25) is 9.59 Å². The summed E-state index contributed by atoms with van der Waals surface area (Å²) in [4.78, 5) is 28.5. The molecule has 132 valence electrons. The Morgan fingerprint density at radius 3 is 2.83 bits per heavy atom. The Bertz CT molecular complexity index is 641. The highest BCUT2D eigenvalue weighted by Crippen LogP contribution is 2.38. The van der Waals surface area contributed by atoms with Crippen molar-refractivity contribution < 1.29 is 9.59 Å². The number of aromatic nitrogens is 2. The number of carbonyl (C=O) groups excluding carboxylic acids is 2. The summed E-state index contributed by atoms with van der Waals surface area (Å²) in [6.07, 6.45) is 3.56. The minimum atomic E-state index is 0.0589. The number of anilines is 1. The molecule has 2 aliphatic heterocycles. The van der Waals surface area contributed by atoms with Crippen LogP contribution >= 0.6 is 0 Å². The Kier molecular flexibility index (Phi) is 4.51. The molecule has 0 saturated carbocycles. The molecule has 2 fully saturated rings. The van der Waals surface area contributed by atoms with E-state index in [0.29, 0.717) is 12.2 Å². The van der Waals surface area contributed by atoms with Crippen LogP contribution in [0.1, 0.15) is 38.3 Å². The van der Waals surface area contributed by atoms with E-state index in [1.807, 2.05) is 23.6 Å². The van der Waals surface area contributed by atoms with E-state index in [0.717, 1.165) is 51.1 Å². The first-order valence-corrected chi connectivity index (χ1v) is 8.78. The van der Waals surface area contributed by atoms with Gasteiger partial charge in [0.1, 0.15) is 12.4 Å². The van der Waals surface area contributed by atoms with Crippen LogP contribution < -0.4 is 5.73 Å². The Morgan fingerprint density at radius 1 is 1.38 bits per heavy atom. The molecule has 0 bridgehead atoms. The van der Waals surface area contributed by atoms with Gasteiger partial charge in [0.2, 0.25) is 11.8 Å². The van der Waals surface area contributed by atoms with Crippen LogP contribution in [-0.4, -0.2) is 57.6 Å². The second-order valence-electron chi connectivity index (χ2n) is 7.19. The van der Waals surface area contributed by atoms with Gasteiger partial charge in [0.15, 0.2) is 0 Å². The number of rotatable bonds is 3. The molecule has 2 aliphatic rings. The molecule has 2 amide bonds. The van der Waals surface area contributed by atoms with Crippen molar-refractivity contribution in [2.45, 2.75) is 46.1 Å². The Morgan fingerprint density at radius 2 is 2.17 bits per heavy atom. The third kappa shape index (κ3) is 3.25. The van der Waals surface area contributed by atoms with Crippen LogP contribution in [-0.2, 0) is 16.1 Å². The van der Waals surface area contributed by atoms with Crippen LogP contribution in [0.4, 0.5) is 5.82 Å². The molecule has 0 aliphatic carbocycles. The molecule has 1 atom stereocenters. The summed E-state index contributed by atoms with van der Waals surface area (Å²) in [6, 6.07) is 1.77. The number of carbonyl (C=O) groups is 2. The average molecular weight is 333 g/mol. The molecule has 0 aromatic carbocycles. The summed E-state index contributed by atoms with van der Waals surface area (Å²) in [5.74, 6) is 0.822. The first-order valence-electron chi connectivity index (χ1n) is 8.78. The Balaban J connectivity index is 1.68. The summed E-state index contributed by atoms with van der Waals surface area (Å²) < 4.78 is 1.57. The lowest BCUT2D eigenvalue weighted by Crippen LogP contribution is -2.55. The van der Waals surface area contributed by atoms with E-state index < -0.39 is 0 Å². The van der Waals surface area contributed by atoms with E-state index in [9.17, 15) is 9.59 Å². The highest BCUT2D eigenvalue weighted by Gasteiger charge is 2.42. The molecule has 7 nitrogen and oxygen atoms in total. The van der Waals surface area contributed by atoms with Crippen molar-refractivity contribution in [3.8, 4) is 0 Å². The summed E-state index contributed by atoms with van der Waals surface area (Å²) in [6.45, 7) is 7.10. The highest BCUT2D eigenvalue weighted by atomic mass is 16.2. The summed E-state index contributed by atoms with van der Waals surface area (Å²) in [5, 5.41) is 4.28. The van der Waals surface area contributed by atoms with Gasteiger partial charge in [0, 0.05) is 44.1 Å². The van der Waals surface area contributed by atoms with Crippen molar-refractivity contribution >= 4 is 17.6 Å². The number of piperidine rings is 2. The first kappa shape index (κ1) is 16.8. The molecule has 1 spiro atoms. The third-order valence-electron chi connectivity index (χ3n) is 5.36. The maximum Gasteiger partial charge on any atom is 0.244 e. The van der Waals surface area contributed by atoms with Crippen molar-refractivity contribution in [1.29, 1.82) is 0 Å². The Labute approximate surface area is 142 Å². The summed E-state index contributed by atoms with van der Waals surface area (Å²) in [7, 11) is 0. The predicted molar refractivity (Wildman–Crippen MR) is 91.1 cm³/mol. The average Bonchev–Trinajstić information content (AvgIpc) is 2.87. The van der Waals surface area contributed by atoms with E-state index in [1.54, 1.807) is 10.7 Å². The molecule has 1 aromatic rings. The SMILES string of the molecule is CCN1C[C@@]2(CCCN(C(=O)Cn3nc(C)cc3N)C2)CCC1=O.